The van der Waals surface area contributed by atoms with Gasteiger partial charge in [-0.1, -0.05) is 0 Å². The Balaban J connectivity index is 2.14. The number of carbonyl (C=O) groups is 2. The first kappa shape index (κ1) is 15.2. The highest BCUT2D eigenvalue weighted by molar-refractivity contribution is 5.99. The van der Waals surface area contributed by atoms with Crippen LogP contribution in [0.25, 0.3) is 0 Å². The minimum Gasteiger partial charge on any atom is -0.497 e. The average Bonchev–Trinajstić information content (AvgIpc) is 2.53. The molecule has 1 aliphatic rings. The molecule has 0 radical (unpaired) electrons. The Kier molecular flexibility index (Phi) is 4.67. The summed E-state index contributed by atoms with van der Waals surface area (Å²) in [6.45, 7) is 1.09. The summed E-state index contributed by atoms with van der Waals surface area (Å²) in [6, 6.07) is 5.01. The number of piperidine rings is 1. The summed E-state index contributed by atoms with van der Waals surface area (Å²) in [7, 11) is 3.17. The molecule has 1 aliphatic heterocycles. The number of nitrogens with one attached hydrogen (secondary N) is 1. The summed E-state index contributed by atoms with van der Waals surface area (Å²) >= 11 is 0. The number of ether oxygens (including phenoxy) is 1. The maximum atomic E-state index is 12.6. The Hall–Kier alpha value is -2.24. The number of likely N-dealkylation sites (tertiary alicyclic amines) is 1. The fourth-order valence-electron chi connectivity index (χ4n) is 2.61. The van der Waals surface area contributed by atoms with Crippen molar-refractivity contribution in [2.75, 3.05) is 33.0 Å². The van der Waals surface area contributed by atoms with Gasteiger partial charge in [0.25, 0.3) is 5.91 Å². The molecule has 0 saturated carbocycles. The second-order valence-corrected chi connectivity index (χ2v) is 5.16. The van der Waals surface area contributed by atoms with E-state index in [4.69, 9.17) is 10.5 Å². The smallest absolute Gasteiger partial charge is 0.255 e. The molecule has 2 amide bonds. The Morgan fingerprint density at radius 3 is 2.81 bits per heavy atom. The van der Waals surface area contributed by atoms with E-state index in [1.54, 1.807) is 37.3 Å². The number of amides is 2. The quantitative estimate of drug-likeness (QED) is 0.810. The van der Waals surface area contributed by atoms with Crippen LogP contribution in [-0.2, 0) is 4.79 Å². The number of nitrogens with two attached hydrogens (primary N) is 1. The molecule has 1 fully saturated rings. The molecule has 2 rings (SSSR count). The number of carbonyl (C=O) groups excluding carboxylic acids is 2. The molecule has 1 aromatic rings. The fraction of sp³-hybridized carbons (Fsp3) is 0.467. The van der Waals surface area contributed by atoms with Crippen LogP contribution < -0.4 is 15.8 Å². The molecule has 0 bridgehead atoms. The molecule has 1 saturated heterocycles. The minimum atomic E-state index is -0.146. The van der Waals surface area contributed by atoms with E-state index in [0.29, 0.717) is 30.1 Å². The molecule has 0 aliphatic carbocycles. The van der Waals surface area contributed by atoms with E-state index >= 15 is 0 Å². The van der Waals surface area contributed by atoms with Crippen molar-refractivity contribution in [1.82, 2.24) is 10.2 Å². The van der Waals surface area contributed by atoms with Crippen molar-refractivity contribution < 1.29 is 14.3 Å². The second kappa shape index (κ2) is 6.47. The molecule has 0 spiro atoms. The SMILES string of the molecule is CNC(=O)C1CCCN(C(=O)c2ccc(OC)cc2N)C1. The summed E-state index contributed by atoms with van der Waals surface area (Å²) in [4.78, 5) is 26.0. The zero-order valence-corrected chi connectivity index (χ0v) is 12.4. The van der Waals surface area contributed by atoms with Gasteiger partial charge in [-0.05, 0) is 25.0 Å². The van der Waals surface area contributed by atoms with E-state index < -0.39 is 0 Å². The van der Waals surface area contributed by atoms with Crippen molar-refractivity contribution in [2.24, 2.45) is 5.92 Å². The van der Waals surface area contributed by atoms with Gasteiger partial charge in [0.15, 0.2) is 0 Å². The molecule has 114 valence electrons. The van der Waals surface area contributed by atoms with Crippen LogP contribution in [0.1, 0.15) is 23.2 Å². The van der Waals surface area contributed by atoms with Crippen LogP contribution in [0.3, 0.4) is 0 Å². The van der Waals surface area contributed by atoms with Crippen LogP contribution in [0.2, 0.25) is 0 Å². The summed E-state index contributed by atoms with van der Waals surface area (Å²) in [6.07, 6.45) is 1.63. The Morgan fingerprint density at radius 1 is 1.43 bits per heavy atom. The predicted octanol–water partition coefficient (Wildman–Crippen LogP) is 0.876. The topological polar surface area (TPSA) is 84.7 Å². The van der Waals surface area contributed by atoms with Gasteiger partial charge in [0, 0.05) is 31.9 Å². The van der Waals surface area contributed by atoms with Crippen LogP contribution in [0.5, 0.6) is 5.75 Å². The standard InChI is InChI=1S/C15H21N3O3/c1-17-14(19)10-4-3-7-18(9-10)15(20)12-6-5-11(21-2)8-13(12)16/h5-6,8,10H,3-4,7,9,16H2,1-2H3,(H,17,19). The van der Waals surface area contributed by atoms with Gasteiger partial charge in [0.1, 0.15) is 5.75 Å². The van der Waals surface area contributed by atoms with Crippen molar-refractivity contribution >= 4 is 17.5 Å². The first-order valence-corrected chi connectivity index (χ1v) is 7.01. The molecule has 1 unspecified atom stereocenters. The molecule has 1 heterocycles. The lowest BCUT2D eigenvalue weighted by Crippen LogP contribution is -2.44. The predicted molar refractivity (Wildman–Crippen MR) is 80.1 cm³/mol. The van der Waals surface area contributed by atoms with E-state index in [2.05, 4.69) is 5.32 Å². The van der Waals surface area contributed by atoms with E-state index in [9.17, 15) is 9.59 Å². The van der Waals surface area contributed by atoms with Gasteiger partial charge in [0.2, 0.25) is 5.91 Å². The zero-order chi connectivity index (χ0) is 15.4. The Bertz CT molecular complexity index is 545. The van der Waals surface area contributed by atoms with Gasteiger partial charge in [-0.2, -0.15) is 0 Å². The highest BCUT2D eigenvalue weighted by atomic mass is 16.5. The number of nitrogens with zero attached hydrogens (tertiary/aromatic N) is 1. The van der Waals surface area contributed by atoms with Gasteiger partial charge >= 0.3 is 0 Å². The van der Waals surface area contributed by atoms with E-state index in [1.807, 2.05) is 0 Å². The third-order valence-electron chi connectivity index (χ3n) is 3.81. The number of anilines is 1. The highest BCUT2D eigenvalue weighted by Gasteiger charge is 2.29. The third-order valence-corrected chi connectivity index (χ3v) is 3.81. The highest BCUT2D eigenvalue weighted by Crippen LogP contribution is 2.24. The maximum absolute atomic E-state index is 12.6. The molecule has 21 heavy (non-hydrogen) atoms. The van der Waals surface area contributed by atoms with Crippen molar-refractivity contribution in [3.8, 4) is 5.75 Å². The Labute approximate surface area is 124 Å². The number of hydrogen-bond donors (Lipinski definition) is 2. The average molecular weight is 291 g/mol. The van der Waals surface area contributed by atoms with Crippen LogP contribution >= 0.6 is 0 Å². The first-order chi connectivity index (χ1) is 10.1. The first-order valence-electron chi connectivity index (χ1n) is 7.01. The lowest BCUT2D eigenvalue weighted by Gasteiger charge is -2.32. The van der Waals surface area contributed by atoms with Gasteiger partial charge < -0.3 is 20.7 Å². The number of nitrogen functional groups attached to an aromatic ring is 1. The summed E-state index contributed by atoms with van der Waals surface area (Å²) in [5.74, 6) is 0.317. The van der Waals surface area contributed by atoms with Crippen LogP contribution in [-0.4, -0.2) is 44.0 Å². The molecular weight excluding hydrogens is 270 g/mol. The summed E-state index contributed by atoms with van der Waals surface area (Å²) in [5, 5.41) is 2.64. The number of benzene rings is 1. The summed E-state index contributed by atoms with van der Waals surface area (Å²) < 4.78 is 5.08. The van der Waals surface area contributed by atoms with Crippen LogP contribution in [0, 0.1) is 5.92 Å². The van der Waals surface area contributed by atoms with Crippen molar-refractivity contribution in [3.63, 3.8) is 0 Å². The number of methoxy groups -OCH3 is 1. The van der Waals surface area contributed by atoms with E-state index in [0.717, 1.165) is 12.8 Å². The monoisotopic (exact) mass is 291 g/mol. The maximum Gasteiger partial charge on any atom is 0.255 e. The molecule has 6 nitrogen and oxygen atoms in total. The molecule has 3 N–H and O–H groups in total. The number of rotatable bonds is 3. The Morgan fingerprint density at radius 2 is 2.19 bits per heavy atom. The molecular formula is C15H21N3O3. The van der Waals surface area contributed by atoms with E-state index in [1.165, 1.54) is 0 Å². The lowest BCUT2D eigenvalue weighted by atomic mass is 9.96. The molecule has 1 aromatic carbocycles. The fourth-order valence-corrected chi connectivity index (χ4v) is 2.61. The number of hydrogen-bond acceptors (Lipinski definition) is 4. The van der Waals surface area contributed by atoms with Crippen molar-refractivity contribution in [2.45, 2.75) is 12.8 Å². The minimum absolute atomic E-state index is 0.0183. The van der Waals surface area contributed by atoms with Crippen LogP contribution in [0.4, 0.5) is 5.69 Å². The van der Waals surface area contributed by atoms with Gasteiger partial charge in [0.05, 0.1) is 18.6 Å². The molecule has 6 heteroatoms. The van der Waals surface area contributed by atoms with Gasteiger partial charge in [-0.3, -0.25) is 9.59 Å². The van der Waals surface area contributed by atoms with Crippen molar-refractivity contribution in [3.05, 3.63) is 23.8 Å². The van der Waals surface area contributed by atoms with Gasteiger partial charge in [-0.15, -0.1) is 0 Å². The third kappa shape index (κ3) is 3.26. The van der Waals surface area contributed by atoms with Crippen molar-refractivity contribution in [1.29, 1.82) is 0 Å². The zero-order valence-electron chi connectivity index (χ0n) is 12.4. The molecule has 1 atom stereocenters. The van der Waals surface area contributed by atoms with Crippen LogP contribution in [0.15, 0.2) is 18.2 Å². The lowest BCUT2D eigenvalue weighted by molar-refractivity contribution is -0.125. The van der Waals surface area contributed by atoms with Gasteiger partial charge in [-0.25, -0.2) is 0 Å². The normalized spacial score (nSPS) is 18.2. The largest absolute Gasteiger partial charge is 0.497 e. The second-order valence-electron chi connectivity index (χ2n) is 5.16. The summed E-state index contributed by atoms with van der Waals surface area (Å²) in [5.41, 5.74) is 6.76. The molecule has 0 aromatic heterocycles. The van der Waals surface area contributed by atoms with E-state index in [-0.39, 0.29) is 17.7 Å².